The maximum Gasteiger partial charge on any atom is 0.163 e. The van der Waals surface area contributed by atoms with Gasteiger partial charge in [0.1, 0.15) is 11.8 Å². The lowest BCUT2D eigenvalue weighted by Gasteiger charge is -2.19. The van der Waals surface area contributed by atoms with Gasteiger partial charge in [0.05, 0.1) is 0 Å². The minimum Gasteiger partial charge on any atom is -0.247 e. The van der Waals surface area contributed by atoms with Crippen LogP contribution in [0.15, 0.2) is 42.5 Å². The van der Waals surface area contributed by atoms with E-state index >= 15 is 0 Å². The molecule has 0 aliphatic heterocycles. The van der Waals surface area contributed by atoms with Gasteiger partial charge in [-0.05, 0) is 54.0 Å². The zero-order valence-electron chi connectivity index (χ0n) is 12.7. The van der Waals surface area contributed by atoms with Gasteiger partial charge >= 0.3 is 0 Å². The summed E-state index contributed by atoms with van der Waals surface area (Å²) in [6.07, 6.45) is 4.85. The molecule has 112 valence electrons. The fourth-order valence-electron chi connectivity index (χ4n) is 3.39. The lowest BCUT2D eigenvalue weighted by Crippen LogP contribution is -2.04. The number of nitrogens with one attached hydrogen (secondary N) is 1. The molecule has 2 aromatic carbocycles. The van der Waals surface area contributed by atoms with E-state index in [1.165, 1.54) is 41.5 Å². The van der Waals surface area contributed by atoms with Crippen LogP contribution in [0.1, 0.15) is 29.7 Å². The van der Waals surface area contributed by atoms with Crippen molar-refractivity contribution in [2.75, 3.05) is 0 Å². The SMILES string of the molecule is N#Cc1[nH]nnc1-c1cccc(-c2cccc3c2CCCC3)c1. The molecule has 0 spiro atoms. The number of aromatic nitrogens is 3. The largest absolute Gasteiger partial charge is 0.247 e. The van der Waals surface area contributed by atoms with Gasteiger partial charge in [0, 0.05) is 5.56 Å². The Labute approximate surface area is 134 Å². The highest BCUT2D eigenvalue weighted by molar-refractivity contribution is 5.75. The molecule has 0 atom stereocenters. The molecule has 1 aliphatic carbocycles. The van der Waals surface area contributed by atoms with Crippen LogP contribution in [0.25, 0.3) is 22.4 Å². The van der Waals surface area contributed by atoms with Gasteiger partial charge in [-0.3, -0.25) is 0 Å². The van der Waals surface area contributed by atoms with Crippen LogP contribution in [-0.2, 0) is 12.8 Å². The van der Waals surface area contributed by atoms with E-state index < -0.39 is 0 Å². The lowest BCUT2D eigenvalue weighted by molar-refractivity contribution is 0.687. The molecule has 0 amide bonds. The highest BCUT2D eigenvalue weighted by Crippen LogP contribution is 2.33. The summed E-state index contributed by atoms with van der Waals surface area (Å²) in [4.78, 5) is 0. The Bertz CT molecular complexity index is 902. The Morgan fingerprint density at radius 2 is 1.83 bits per heavy atom. The Morgan fingerprint density at radius 1 is 1.00 bits per heavy atom. The molecule has 23 heavy (non-hydrogen) atoms. The Kier molecular flexibility index (Phi) is 3.39. The van der Waals surface area contributed by atoms with Gasteiger partial charge in [0.15, 0.2) is 5.69 Å². The molecule has 0 bridgehead atoms. The second kappa shape index (κ2) is 5.69. The summed E-state index contributed by atoms with van der Waals surface area (Å²) in [5.41, 5.74) is 7.34. The van der Waals surface area contributed by atoms with Crippen LogP contribution in [0.3, 0.4) is 0 Å². The maximum absolute atomic E-state index is 9.15. The minimum atomic E-state index is 0.400. The molecule has 4 heteroatoms. The number of nitriles is 1. The van der Waals surface area contributed by atoms with Crippen molar-refractivity contribution in [2.24, 2.45) is 0 Å². The number of rotatable bonds is 2. The van der Waals surface area contributed by atoms with Crippen molar-refractivity contribution in [3.63, 3.8) is 0 Å². The summed E-state index contributed by atoms with van der Waals surface area (Å²) in [6, 6.07) is 16.9. The number of hydrogen-bond acceptors (Lipinski definition) is 3. The zero-order chi connectivity index (χ0) is 15.6. The van der Waals surface area contributed by atoms with Crippen molar-refractivity contribution in [3.05, 3.63) is 59.3 Å². The van der Waals surface area contributed by atoms with E-state index in [1.807, 2.05) is 12.1 Å². The first-order valence-electron chi connectivity index (χ1n) is 7.89. The van der Waals surface area contributed by atoms with Gasteiger partial charge in [-0.25, -0.2) is 5.10 Å². The molecule has 0 fully saturated rings. The van der Waals surface area contributed by atoms with Crippen molar-refractivity contribution in [1.29, 1.82) is 5.26 Å². The van der Waals surface area contributed by atoms with Crippen LogP contribution in [0.5, 0.6) is 0 Å². The molecular weight excluding hydrogens is 284 g/mol. The third kappa shape index (κ3) is 2.40. The maximum atomic E-state index is 9.15. The molecule has 4 rings (SSSR count). The number of fused-ring (bicyclic) bond motifs is 1. The Balaban J connectivity index is 1.83. The fraction of sp³-hybridized carbons (Fsp3) is 0.211. The first-order valence-corrected chi connectivity index (χ1v) is 7.89. The molecule has 1 aromatic heterocycles. The molecule has 1 heterocycles. The second-order valence-corrected chi connectivity index (χ2v) is 5.88. The number of hydrogen-bond donors (Lipinski definition) is 1. The van der Waals surface area contributed by atoms with Crippen LogP contribution in [0.2, 0.25) is 0 Å². The summed E-state index contributed by atoms with van der Waals surface area (Å²) in [6.45, 7) is 0. The molecule has 0 saturated heterocycles. The smallest absolute Gasteiger partial charge is 0.163 e. The number of H-pyrrole nitrogens is 1. The number of aromatic amines is 1. The molecule has 0 saturated carbocycles. The molecule has 4 nitrogen and oxygen atoms in total. The molecule has 1 N–H and O–H groups in total. The monoisotopic (exact) mass is 300 g/mol. The van der Waals surface area contributed by atoms with Crippen molar-refractivity contribution >= 4 is 0 Å². The zero-order valence-corrected chi connectivity index (χ0v) is 12.7. The summed E-state index contributed by atoms with van der Waals surface area (Å²) in [5.74, 6) is 0. The van der Waals surface area contributed by atoms with Crippen LogP contribution in [0.4, 0.5) is 0 Å². The number of nitrogens with zero attached hydrogens (tertiary/aromatic N) is 3. The first-order chi connectivity index (χ1) is 11.4. The second-order valence-electron chi connectivity index (χ2n) is 5.88. The van der Waals surface area contributed by atoms with E-state index in [1.54, 1.807) is 0 Å². The first kappa shape index (κ1) is 13.7. The van der Waals surface area contributed by atoms with Crippen LogP contribution >= 0.6 is 0 Å². The van der Waals surface area contributed by atoms with E-state index in [0.29, 0.717) is 11.4 Å². The van der Waals surface area contributed by atoms with Crippen molar-refractivity contribution in [2.45, 2.75) is 25.7 Å². The topological polar surface area (TPSA) is 65.4 Å². The quantitative estimate of drug-likeness (QED) is 0.781. The Morgan fingerprint density at radius 3 is 2.74 bits per heavy atom. The van der Waals surface area contributed by atoms with Crippen LogP contribution < -0.4 is 0 Å². The molecule has 0 radical (unpaired) electrons. The van der Waals surface area contributed by atoms with E-state index in [2.05, 4.69) is 51.8 Å². The fourth-order valence-corrected chi connectivity index (χ4v) is 3.39. The molecule has 0 unspecified atom stereocenters. The highest BCUT2D eigenvalue weighted by atomic mass is 15.3. The lowest BCUT2D eigenvalue weighted by atomic mass is 9.85. The third-order valence-corrected chi connectivity index (χ3v) is 4.50. The van der Waals surface area contributed by atoms with Crippen LogP contribution in [-0.4, -0.2) is 15.4 Å². The minimum absolute atomic E-state index is 0.400. The average molecular weight is 300 g/mol. The number of aryl methyl sites for hydroxylation is 1. The van der Waals surface area contributed by atoms with Gasteiger partial charge in [-0.15, -0.1) is 5.10 Å². The molecule has 3 aromatic rings. The molecule has 1 aliphatic rings. The summed E-state index contributed by atoms with van der Waals surface area (Å²) in [5, 5.41) is 19.6. The van der Waals surface area contributed by atoms with Crippen molar-refractivity contribution in [1.82, 2.24) is 15.4 Å². The average Bonchev–Trinajstić information content (AvgIpc) is 3.10. The predicted molar refractivity (Wildman–Crippen MR) is 88.6 cm³/mol. The molecular formula is C19H16N4. The van der Waals surface area contributed by atoms with Gasteiger partial charge < -0.3 is 0 Å². The van der Waals surface area contributed by atoms with Crippen molar-refractivity contribution in [3.8, 4) is 28.5 Å². The van der Waals surface area contributed by atoms with Crippen molar-refractivity contribution < 1.29 is 0 Å². The summed E-state index contributed by atoms with van der Waals surface area (Å²) in [7, 11) is 0. The van der Waals surface area contributed by atoms with Gasteiger partial charge in [0.2, 0.25) is 0 Å². The van der Waals surface area contributed by atoms with Gasteiger partial charge in [-0.2, -0.15) is 5.26 Å². The van der Waals surface area contributed by atoms with Gasteiger partial charge in [-0.1, -0.05) is 41.6 Å². The van der Waals surface area contributed by atoms with E-state index in [-0.39, 0.29) is 0 Å². The number of benzene rings is 2. The third-order valence-electron chi connectivity index (χ3n) is 4.50. The normalized spacial score (nSPS) is 13.3. The van der Waals surface area contributed by atoms with E-state index in [4.69, 9.17) is 5.26 Å². The van der Waals surface area contributed by atoms with E-state index in [9.17, 15) is 0 Å². The predicted octanol–water partition coefficient (Wildman–Crippen LogP) is 3.89. The van der Waals surface area contributed by atoms with Crippen LogP contribution in [0, 0.1) is 11.3 Å². The standard InChI is InChI=1S/C19H16N4/c20-12-18-19(22-23-21-18)15-8-3-7-14(11-15)17-10-4-6-13-5-1-2-9-16(13)17/h3-4,6-8,10-11H,1-2,5,9H2,(H,21,22,23). The summed E-state index contributed by atoms with van der Waals surface area (Å²) < 4.78 is 0. The Hall–Kier alpha value is -2.93. The van der Waals surface area contributed by atoms with Gasteiger partial charge in [0.25, 0.3) is 0 Å². The van der Waals surface area contributed by atoms with E-state index in [0.717, 1.165) is 12.0 Å². The highest BCUT2D eigenvalue weighted by Gasteiger charge is 2.15. The summed E-state index contributed by atoms with van der Waals surface area (Å²) >= 11 is 0.